The summed E-state index contributed by atoms with van der Waals surface area (Å²) in [6.45, 7) is 6.28. The van der Waals surface area contributed by atoms with E-state index in [2.05, 4.69) is 60.8 Å². The second-order valence-corrected chi connectivity index (χ2v) is 12.7. The maximum absolute atomic E-state index is 13.3. The molecule has 3 aromatic rings. The third-order valence-corrected chi connectivity index (χ3v) is 8.72. The molecule has 4 rings (SSSR count). The Balaban J connectivity index is 1.24. The summed E-state index contributed by atoms with van der Waals surface area (Å²) in [7, 11) is 4.35. The smallest absolute Gasteiger partial charge is 0.263 e. The number of halogens is 1. The van der Waals surface area contributed by atoms with Crippen molar-refractivity contribution in [2.24, 2.45) is 0 Å². The van der Waals surface area contributed by atoms with Crippen LogP contribution in [-0.4, -0.2) is 54.5 Å². The lowest BCUT2D eigenvalue weighted by molar-refractivity contribution is -0.135. The maximum Gasteiger partial charge on any atom is 0.263 e. The van der Waals surface area contributed by atoms with E-state index in [4.69, 9.17) is 16.3 Å². The summed E-state index contributed by atoms with van der Waals surface area (Å²) in [5.74, 6) is 0.408. The molecule has 224 valence electrons. The van der Waals surface area contributed by atoms with Gasteiger partial charge in [0.2, 0.25) is 0 Å². The standard InChI is InChI=1S/C35H44ClN3O3/c1-25-7-6-8-27(23-25)24-35(39(4)5)20-17-30(18-21-35)38-33(41)34(2,3)42-31-15-9-26(10-16-31)19-22-37-32(40)28-11-13-29(36)14-12-28/h6-16,23,30H,17-22,24H2,1-5H3,(H,37,40)(H,38,41). The van der Waals surface area contributed by atoms with Gasteiger partial charge in [0.05, 0.1) is 0 Å². The number of rotatable bonds is 11. The monoisotopic (exact) mass is 589 g/mol. The van der Waals surface area contributed by atoms with E-state index in [0.29, 0.717) is 29.3 Å². The van der Waals surface area contributed by atoms with Gasteiger partial charge in [0, 0.05) is 28.7 Å². The van der Waals surface area contributed by atoms with Gasteiger partial charge in [-0.05, 0) is 121 Å². The minimum Gasteiger partial charge on any atom is -0.478 e. The van der Waals surface area contributed by atoms with E-state index in [1.165, 1.54) is 11.1 Å². The van der Waals surface area contributed by atoms with Crippen molar-refractivity contribution in [3.63, 3.8) is 0 Å². The lowest BCUT2D eigenvalue weighted by atomic mass is 9.74. The van der Waals surface area contributed by atoms with Crippen LogP contribution < -0.4 is 15.4 Å². The normalized spacial score (nSPS) is 18.9. The van der Waals surface area contributed by atoms with E-state index in [0.717, 1.165) is 37.7 Å². The van der Waals surface area contributed by atoms with Gasteiger partial charge in [-0.15, -0.1) is 0 Å². The van der Waals surface area contributed by atoms with Crippen LogP contribution in [0.4, 0.5) is 0 Å². The van der Waals surface area contributed by atoms with Crippen LogP contribution in [0.2, 0.25) is 5.02 Å². The molecule has 7 heteroatoms. The second kappa shape index (κ2) is 13.7. The summed E-state index contributed by atoms with van der Waals surface area (Å²) in [4.78, 5) is 27.9. The molecule has 3 aromatic carbocycles. The zero-order valence-corrected chi connectivity index (χ0v) is 26.3. The number of hydrogen-bond donors (Lipinski definition) is 2. The molecule has 6 nitrogen and oxygen atoms in total. The Hall–Kier alpha value is -3.35. The summed E-state index contributed by atoms with van der Waals surface area (Å²) in [6, 6.07) is 23.4. The van der Waals surface area contributed by atoms with Crippen LogP contribution in [0.5, 0.6) is 5.75 Å². The Morgan fingerprint density at radius 3 is 2.26 bits per heavy atom. The number of benzene rings is 3. The van der Waals surface area contributed by atoms with Crippen LogP contribution in [0, 0.1) is 6.92 Å². The Morgan fingerprint density at radius 2 is 1.64 bits per heavy atom. The molecule has 0 heterocycles. The predicted octanol–water partition coefficient (Wildman–Crippen LogP) is 6.38. The third-order valence-electron chi connectivity index (χ3n) is 8.46. The molecule has 0 spiro atoms. The molecule has 0 bridgehead atoms. The molecule has 1 saturated carbocycles. The average molecular weight is 590 g/mol. The minimum atomic E-state index is -1.01. The van der Waals surface area contributed by atoms with Gasteiger partial charge in [0.1, 0.15) is 5.75 Å². The van der Waals surface area contributed by atoms with E-state index < -0.39 is 5.60 Å². The van der Waals surface area contributed by atoms with Gasteiger partial charge in [-0.1, -0.05) is 53.6 Å². The van der Waals surface area contributed by atoms with Gasteiger partial charge in [-0.3, -0.25) is 9.59 Å². The molecular weight excluding hydrogens is 546 g/mol. The first-order valence-corrected chi connectivity index (χ1v) is 15.2. The van der Waals surface area contributed by atoms with Crippen LogP contribution in [0.1, 0.15) is 66.6 Å². The Bertz CT molecular complexity index is 1340. The first-order chi connectivity index (χ1) is 20.0. The molecule has 0 radical (unpaired) electrons. The van der Waals surface area contributed by atoms with Gasteiger partial charge >= 0.3 is 0 Å². The first-order valence-electron chi connectivity index (χ1n) is 14.8. The summed E-state index contributed by atoms with van der Waals surface area (Å²) in [6.07, 6.45) is 5.64. The predicted molar refractivity (Wildman–Crippen MR) is 170 cm³/mol. The van der Waals surface area contributed by atoms with Crippen molar-refractivity contribution in [3.05, 3.63) is 100 Å². The fourth-order valence-corrected chi connectivity index (χ4v) is 5.86. The zero-order chi connectivity index (χ0) is 30.3. The van der Waals surface area contributed by atoms with Crippen molar-refractivity contribution < 1.29 is 14.3 Å². The Labute approximate surface area is 255 Å². The van der Waals surface area contributed by atoms with Crippen LogP contribution in [0.25, 0.3) is 0 Å². The highest BCUT2D eigenvalue weighted by Gasteiger charge is 2.39. The summed E-state index contributed by atoms with van der Waals surface area (Å²) in [5, 5.41) is 6.80. The molecule has 2 amide bonds. The molecule has 0 aliphatic heterocycles. The van der Waals surface area contributed by atoms with E-state index >= 15 is 0 Å². The van der Waals surface area contributed by atoms with Crippen LogP contribution in [0.15, 0.2) is 72.8 Å². The number of amides is 2. The average Bonchev–Trinajstić information content (AvgIpc) is 2.95. The highest BCUT2D eigenvalue weighted by atomic mass is 35.5. The van der Waals surface area contributed by atoms with Gasteiger partial charge in [0.25, 0.3) is 11.8 Å². The number of aryl methyl sites for hydroxylation is 1. The van der Waals surface area contributed by atoms with E-state index in [1.807, 2.05) is 38.1 Å². The molecular formula is C35H44ClN3O3. The van der Waals surface area contributed by atoms with Crippen LogP contribution in [0.3, 0.4) is 0 Å². The number of carbonyl (C=O) groups excluding carboxylic acids is 2. The minimum absolute atomic E-state index is 0.0987. The van der Waals surface area contributed by atoms with E-state index in [9.17, 15) is 9.59 Å². The highest BCUT2D eigenvalue weighted by molar-refractivity contribution is 6.30. The quantitative estimate of drug-likeness (QED) is 0.272. The molecule has 1 aliphatic carbocycles. The van der Waals surface area contributed by atoms with Crippen molar-refractivity contribution in [2.45, 2.75) is 76.5 Å². The summed E-state index contributed by atoms with van der Waals surface area (Å²) in [5.41, 5.74) is 3.40. The van der Waals surface area contributed by atoms with Crippen molar-refractivity contribution in [3.8, 4) is 5.75 Å². The topological polar surface area (TPSA) is 70.7 Å². The van der Waals surface area contributed by atoms with Crippen molar-refractivity contribution in [1.29, 1.82) is 0 Å². The molecule has 1 fully saturated rings. The number of nitrogens with zero attached hydrogens (tertiary/aromatic N) is 1. The van der Waals surface area contributed by atoms with Crippen molar-refractivity contribution >= 4 is 23.4 Å². The first kappa shape index (κ1) is 31.6. The highest BCUT2D eigenvalue weighted by Crippen LogP contribution is 2.36. The molecule has 1 aliphatic rings. The van der Waals surface area contributed by atoms with E-state index in [1.54, 1.807) is 24.3 Å². The van der Waals surface area contributed by atoms with Crippen LogP contribution >= 0.6 is 11.6 Å². The maximum atomic E-state index is 13.3. The Kier molecular flexibility index (Phi) is 10.3. The Morgan fingerprint density at radius 1 is 0.976 bits per heavy atom. The lowest BCUT2D eigenvalue weighted by Crippen LogP contribution is -2.55. The van der Waals surface area contributed by atoms with Crippen LogP contribution in [-0.2, 0) is 17.6 Å². The number of hydrogen-bond acceptors (Lipinski definition) is 4. The number of likely N-dealkylation sites (N-methyl/N-ethyl adjacent to an activating group) is 1. The summed E-state index contributed by atoms with van der Waals surface area (Å²) < 4.78 is 6.14. The lowest BCUT2D eigenvalue weighted by Gasteiger charge is -2.46. The fourth-order valence-electron chi connectivity index (χ4n) is 5.73. The second-order valence-electron chi connectivity index (χ2n) is 12.3. The molecule has 42 heavy (non-hydrogen) atoms. The summed E-state index contributed by atoms with van der Waals surface area (Å²) >= 11 is 5.89. The van der Waals surface area contributed by atoms with Gasteiger partial charge in [-0.2, -0.15) is 0 Å². The van der Waals surface area contributed by atoms with Crippen molar-refractivity contribution in [1.82, 2.24) is 15.5 Å². The van der Waals surface area contributed by atoms with Crippen molar-refractivity contribution in [2.75, 3.05) is 20.6 Å². The fraction of sp³-hybridized carbons (Fsp3) is 0.429. The molecule has 0 saturated heterocycles. The molecule has 2 N–H and O–H groups in total. The molecule has 0 atom stereocenters. The molecule has 0 unspecified atom stereocenters. The third kappa shape index (κ3) is 8.36. The number of nitrogens with one attached hydrogen (secondary N) is 2. The SMILES string of the molecule is Cc1cccc(CC2(N(C)C)CCC(NC(=O)C(C)(C)Oc3ccc(CCNC(=O)c4ccc(Cl)cc4)cc3)CC2)c1. The molecule has 0 aromatic heterocycles. The van der Waals surface area contributed by atoms with E-state index in [-0.39, 0.29) is 23.4 Å². The van der Waals surface area contributed by atoms with Gasteiger partial charge in [0.15, 0.2) is 5.60 Å². The largest absolute Gasteiger partial charge is 0.478 e. The number of carbonyl (C=O) groups is 2. The van der Waals surface area contributed by atoms with Gasteiger partial charge < -0.3 is 20.3 Å². The zero-order valence-electron chi connectivity index (χ0n) is 25.5. The van der Waals surface area contributed by atoms with Gasteiger partial charge in [-0.25, -0.2) is 0 Å². The number of ether oxygens (including phenoxy) is 1.